The average molecular weight is 431 g/mol. The van der Waals surface area contributed by atoms with E-state index in [1.807, 2.05) is 13.8 Å². The van der Waals surface area contributed by atoms with Crippen molar-refractivity contribution in [2.45, 2.75) is 57.5 Å². The van der Waals surface area contributed by atoms with Gasteiger partial charge in [0.05, 0.1) is 11.0 Å². The van der Waals surface area contributed by atoms with Gasteiger partial charge in [0, 0.05) is 24.3 Å². The highest BCUT2D eigenvalue weighted by Gasteiger charge is 2.27. The molecule has 0 saturated carbocycles. The Morgan fingerprint density at radius 2 is 1.63 bits per heavy atom. The monoisotopic (exact) mass is 430 g/mol. The fourth-order valence-corrected chi connectivity index (χ4v) is 5.30. The molecule has 1 aliphatic rings. The zero-order valence-electron chi connectivity index (χ0n) is 17.8. The van der Waals surface area contributed by atoms with Crippen molar-refractivity contribution in [3.05, 3.63) is 53.6 Å². The Balaban J connectivity index is 1.79. The number of rotatable bonds is 6. The second kappa shape index (κ2) is 9.62. The van der Waals surface area contributed by atoms with Crippen LogP contribution in [0.1, 0.15) is 55.5 Å². The topological polar surface area (TPSA) is 75.7 Å². The van der Waals surface area contributed by atoms with E-state index in [-0.39, 0.29) is 16.9 Å². The Labute approximate surface area is 179 Å². The lowest BCUT2D eigenvalue weighted by molar-refractivity contribution is 0.102. The van der Waals surface area contributed by atoms with E-state index in [0.29, 0.717) is 29.9 Å². The number of anilines is 1. The molecule has 2 aromatic carbocycles. The van der Waals surface area contributed by atoms with Gasteiger partial charge >= 0.3 is 0 Å². The van der Waals surface area contributed by atoms with Gasteiger partial charge in [0.15, 0.2) is 0 Å². The SMILES string of the molecule is Cc1ccc(C(=O)Nc2ccc(OC(C)C)cc2)cc1S(=O)(=O)N1CCCCCC1. The van der Waals surface area contributed by atoms with Crippen molar-refractivity contribution in [3.8, 4) is 5.75 Å². The summed E-state index contributed by atoms with van der Waals surface area (Å²) >= 11 is 0. The number of hydrogen-bond donors (Lipinski definition) is 1. The molecule has 30 heavy (non-hydrogen) atoms. The van der Waals surface area contributed by atoms with Gasteiger partial charge in [-0.2, -0.15) is 4.31 Å². The van der Waals surface area contributed by atoms with Crippen LogP contribution < -0.4 is 10.1 Å². The average Bonchev–Trinajstić information content (AvgIpc) is 2.99. The third-order valence-electron chi connectivity index (χ3n) is 5.12. The number of amides is 1. The summed E-state index contributed by atoms with van der Waals surface area (Å²) < 4.78 is 33.6. The fourth-order valence-electron chi connectivity index (χ4n) is 3.53. The Kier molecular flexibility index (Phi) is 7.15. The van der Waals surface area contributed by atoms with Crippen LogP contribution in [-0.4, -0.2) is 37.8 Å². The van der Waals surface area contributed by atoms with Crippen LogP contribution in [0.3, 0.4) is 0 Å². The largest absolute Gasteiger partial charge is 0.491 e. The molecule has 1 aliphatic heterocycles. The number of benzene rings is 2. The normalized spacial score (nSPS) is 15.6. The van der Waals surface area contributed by atoms with E-state index < -0.39 is 10.0 Å². The predicted molar refractivity (Wildman–Crippen MR) is 119 cm³/mol. The standard InChI is InChI=1S/C23H30N2O4S/c1-17(2)29-21-12-10-20(11-13-21)24-23(26)19-9-8-18(3)22(16-19)30(27,28)25-14-6-4-5-7-15-25/h8-13,16-17H,4-7,14-15H2,1-3H3,(H,24,26). The number of ether oxygens (including phenoxy) is 1. The molecule has 162 valence electrons. The maximum Gasteiger partial charge on any atom is 0.255 e. The Bertz CT molecular complexity index is 977. The number of nitrogens with one attached hydrogen (secondary N) is 1. The van der Waals surface area contributed by atoms with Crippen LogP contribution in [0.5, 0.6) is 5.75 Å². The molecule has 0 aromatic heterocycles. The molecule has 1 saturated heterocycles. The van der Waals surface area contributed by atoms with E-state index in [4.69, 9.17) is 4.74 Å². The summed E-state index contributed by atoms with van der Waals surface area (Å²) in [5.41, 5.74) is 1.58. The van der Waals surface area contributed by atoms with Crippen LogP contribution in [0.15, 0.2) is 47.4 Å². The highest BCUT2D eigenvalue weighted by molar-refractivity contribution is 7.89. The summed E-state index contributed by atoms with van der Waals surface area (Å²) in [5, 5.41) is 2.82. The first-order valence-corrected chi connectivity index (χ1v) is 11.9. The van der Waals surface area contributed by atoms with Gasteiger partial charge in [-0.3, -0.25) is 4.79 Å². The minimum absolute atomic E-state index is 0.0718. The second-order valence-corrected chi connectivity index (χ2v) is 9.85. The summed E-state index contributed by atoms with van der Waals surface area (Å²) in [5.74, 6) is 0.379. The highest BCUT2D eigenvalue weighted by atomic mass is 32.2. The van der Waals surface area contributed by atoms with Crippen molar-refractivity contribution in [3.63, 3.8) is 0 Å². The Morgan fingerprint density at radius 3 is 2.23 bits per heavy atom. The first kappa shape index (κ1) is 22.3. The molecule has 0 radical (unpaired) electrons. The lowest BCUT2D eigenvalue weighted by Crippen LogP contribution is -2.32. The number of carbonyl (C=O) groups is 1. The Hall–Kier alpha value is -2.38. The lowest BCUT2D eigenvalue weighted by atomic mass is 10.1. The van der Waals surface area contributed by atoms with E-state index in [9.17, 15) is 13.2 Å². The van der Waals surface area contributed by atoms with Gasteiger partial charge in [0.1, 0.15) is 5.75 Å². The zero-order chi connectivity index (χ0) is 21.7. The summed E-state index contributed by atoms with van der Waals surface area (Å²) in [7, 11) is -3.63. The molecular formula is C23H30N2O4S. The van der Waals surface area contributed by atoms with Gasteiger partial charge in [0.2, 0.25) is 10.0 Å². The van der Waals surface area contributed by atoms with Gasteiger partial charge in [-0.25, -0.2) is 8.42 Å². The van der Waals surface area contributed by atoms with Crippen LogP contribution in [0.25, 0.3) is 0 Å². The number of nitrogens with zero attached hydrogens (tertiary/aromatic N) is 1. The van der Waals surface area contributed by atoms with Crippen LogP contribution >= 0.6 is 0 Å². The molecule has 7 heteroatoms. The molecule has 0 bridgehead atoms. The number of aryl methyl sites for hydroxylation is 1. The first-order chi connectivity index (χ1) is 14.3. The van der Waals surface area contributed by atoms with Crippen LogP contribution in [0.2, 0.25) is 0 Å². The highest BCUT2D eigenvalue weighted by Crippen LogP contribution is 2.25. The van der Waals surface area contributed by atoms with E-state index in [2.05, 4.69) is 5.32 Å². The number of hydrogen-bond acceptors (Lipinski definition) is 4. The van der Waals surface area contributed by atoms with Gasteiger partial charge < -0.3 is 10.1 Å². The first-order valence-electron chi connectivity index (χ1n) is 10.5. The molecule has 1 heterocycles. The fraction of sp³-hybridized carbons (Fsp3) is 0.435. The number of carbonyl (C=O) groups excluding carboxylic acids is 1. The summed E-state index contributed by atoms with van der Waals surface area (Å²) in [4.78, 5) is 13.0. The van der Waals surface area contributed by atoms with E-state index in [1.54, 1.807) is 47.6 Å². The van der Waals surface area contributed by atoms with Gasteiger partial charge in [-0.1, -0.05) is 18.9 Å². The third-order valence-corrected chi connectivity index (χ3v) is 7.16. The maximum atomic E-state index is 13.2. The quantitative estimate of drug-likeness (QED) is 0.727. The van der Waals surface area contributed by atoms with Gasteiger partial charge in [-0.05, 0) is 75.6 Å². The van der Waals surface area contributed by atoms with Crippen LogP contribution in [0, 0.1) is 6.92 Å². The molecule has 0 aliphatic carbocycles. The van der Waals surface area contributed by atoms with Crippen molar-refractivity contribution in [2.75, 3.05) is 18.4 Å². The molecule has 1 N–H and O–H groups in total. The van der Waals surface area contributed by atoms with Crippen molar-refractivity contribution in [1.82, 2.24) is 4.31 Å². The van der Waals surface area contributed by atoms with Crippen LogP contribution in [0.4, 0.5) is 5.69 Å². The van der Waals surface area contributed by atoms with E-state index >= 15 is 0 Å². The zero-order valence-corrected chi connectivity index (χ0v) is 18.7. The summed E-state index contributed by atoms with van der Waals surface area (Å²) in [6, 6.07) is 11.9. The minimum atomic E-state index is -3.63. The molecule has 0 atom stereocenters. The molecule has 0 spiro atoms. The number of sulfonamides is 1. The van der Waals surface area contributed by atoms with Crippen molar-refractivity contribution < 1.29 is 17.9 Å². The molecule has 0 unspecified atom stereocenters. The maximum absolute atomic E-state index is 13.2. The van der Waals surface area contributed by atoms with E-state index in [0.717, 1.165) is 31.4 Å². The van der Waals surface area contributed by atoms with Crippen molar-refractivity contribution in [1.29, 1.82) is 0 Å². The molecule has 1 fully saturated rings. The summed E-state index contributed by atoms with van der Waals surface area (Å²) in [6.45, 7) is 6.72. The molecule has 3 rings (SSSR count). The second-order valence-electron chi connectivity index (χ2n) is 7.94. The van der Waals surface area contributed by atoms with Crippen molar-refractivity contribution >= 4 is 21.6 Å². The molecule has 6 nitrogen and oxygen atoms in total. The molecule has 2 aromatic rings. The Morgan fingerprint density at radius 1 is 1.00 bits per heavy atom. The summed E-state index contributed by atoms with van der Waals surface area (Å²) in [6.07, 6.45) is 3.91. The van der Waals surface area contributed by atoms with Crippen molar-refractivity contribution in [2.24, 2.45) is 0 Å². The molecule has 1 amide bonds. The lowest BCUT2D eigenvalue weighted by Gasteiger charge is -2.21. The predicted octanol–water partition coefficient (Wildman–Crippen LogP) is 4.60. The van der Waals surface area contributed by atoms with Gasteiger partial charge in [-0.15, -0.1) is 0 Å². The van der Waals surface area contributed by atoms with Gasteiger partial charge in [0.25, 0.3) is 5.91 Å². The van der Waals surface area contributed by atoms with E-state index in [1.165, 1.54) is 6.07 Å². The third kappa shape index (κ3) is 5.40. The minimum Gasteiger partial charge on any atom is -0.491 e. The molecular weight excluding hydrogens is 400 g/mol. The van der Waals surface area contributed by atoms with Crippen LogP contribution in [-0.2, 0) is 10.0 Å². The smallest absolute Gasteiger partial charge is 0.255 e.